The number of imide groups is 1. The van der Waals surface area contributed by atoms with E-state index < -0.39 is 48.8 Å². The Kier molecular flexibility index (Phi) is 6.76. The number of amides is 2. The minimum absolute atomic E-state index is 0.0611. The first-order chi connectivity index (χ1) is 12.7. The molecular weight excluding hydrogens is 363 g/mol. The van der Waals surface area contributed by atoms with Gasteiger partial charge in [-0.25, -0.2) is 9.69 Å². The topological polar surface area (TPSA) is 63.7 Å². The number of cyclic esters (lactones) is 1. The molecule has 2 rings (SSSR count). The van der Waals surface area contributed by atoms with Crippen molar-refractivity contribution in [3.63, 3.8) is 0 Å². The van der Waals surface area contributed by atoms with E-state index in [0.717, 1.165) is 11.6 Å². The van der Waals surface area contributed by atoms with Gasteiger partial charge in [0.05, 0.1) is 12.0 Å². The largest absolute Gasteiger partial charge is 0.447 e. The zero-order chi connectivity index (χ0) is 20.0. The van der Waals surface area contributed by atoms with Crippen LogP contribution >= 0.6 is 0 Å². The molecule has 0 bridgehead atoms. The zero-order valence-corrected chi connectivity index (χ0v) is 14.6. The Bertz CT molecular complexity index is 703. The summed E-state index contributed by atoms with van der Waals surface area (Å²) in [5, 5.41) is 0. The van der Waals surface area contributed by atoms with Crippen LogP contribution in [0.15, 0.2) is 43.0 Å². The Labute approximate surface area is 154 Å². The van der Waals surface area contributed by atoms with Crippen molar-refractivity contribution in [3.8, 4) is 0 Å². The monoisotopic (exact) mass is 383 g/mol. The number of benzene rings is 1. The van der Waals surface area contributed by atoms with Crippen molar-refractivity contribution >= 4 is 17.8 Å². The predicted molar refractivity (Wildman–Crippen MR) is 90.7 cm³/mol. The summed E-state index contributed by atoms with van der Waals surface area (Å²) in [4.78, 5) is 37.0. The van der Waals surface area contributed by atoms with Gasteiger partial charge in [0.15, 0.2) is 0 Å². The van der Waals surface area contributed by atoms with Gasteiger partial charge in [-0.1, -0.05) is 36.4 Å². The molecule has 1 aliphatic heterocycles. The Morgan fingerprint density at radius 3 is 2.56 bits per heavy atom. The number of ether oxygens (including phenoxy) is 1. The van der Waals surface area contributed by atoms with Crippen molar-refractivity contribution in [2.75, 3.05) is 6.61 Å². The Balaban J connectivity index is 2.01. The van der Waals surface area contributed by atoms with Gasteiger partial charge in [-0.2, -0.15) is 13.2 Å². The van der Waals surface area contributed by atoms with Crippen LogP contribution in [0.2, 0.25) is 0 Å². The highest BCUT2D eigenvalue weighted by Gasteiger charge is 2.42. The first-order valence-electron chi connectivity index (χ1n) is 8.48. The number of allylic oxidation sites excluding steroid dienone is 1. The lowest BCUT2D eigenvalue weighted by atomic mass is 9.97. The number of nitrogens with zero attached hydrogens (tertiary/aromatic N) is 1. The highest BCUT2D eigenvalue weighted by Crippen LogP contribution is 2.32. The number of halogens is 3. The average molecular weight is 383 g/mol. The molecule has 5 nitrogen and oxygen atoms in total. The number of carbonyl (C=O) groups is 3. The zero-order valence-electron chi connectivity index (χ0n) is 14.6. The number of Topliss-reactive ketones (excluding diaryl/α,β-unsaturated/α-hetero) is 1. The second kappa shape index (κ2) is 8.83. The molecule has 1 saturated heterocycles. The fourth-order valence-corrected chi connectivity index (χ4v) is 2.91. The van der Waals surface area contributed by atoms with Crippen LogP contribution in [0.1, 0.15) is 24.8 Å². The van der Waals surface area contributed by atoms with Gasteiger partial charge in [-0.05, 0) is 24.8 Å². The first kappa shape index (κ1) is 20.7. The Morgan fingerprint density at radius 1 is 1.30 bits per heavy atom. The summed E-state index contributed by atoms with van der Waals surface area (Å²) in [6.07, 6.45) is -5.49. The van der Waals surface area contributed by atoms with E-state index in [1.54, 1.807) is 24.3 Å². The number of hydrogen-bond donors (Lipinski definition) is 0. The van der Waals surface area contributed by atoms with Crippen LogP contribution in [-0.4, -0.2) is 41.5 Å². The van der Waals surface area contributed by atoms with Gasteiger partial charge in [-0.3, -0.25) is 9.59 Å². The van der Waals surface area contributed by atoms with Gasteiger partial charge >= 0.3 is 12.3 Å². The number of hydrogen-bond acceptors (Lipinski definition) is 4. The first-order valence-corrected chi connectivity index (χ1v) is 8.48. The van der Waals surface area contributed by atoms with E-state index in [0.29, 0.717) is 11.3 Å². The molecule has 27 heavy (non-hydrogen) atoms. The molecule has 0 spiro atoms. The maximum absolute atomic E-state index is 12.9. The van der Waals surface area contributed by atoms with E-state index in [2.05, 4.69) is 6.58 Å². The van der Waals surface area contributed by atoms with Gasteiger partial charge in [0.2, 0.25) is 5.78 Å². The summed E-state index contributed by atoms with van der Waals surface area (Å²) >= 11 is 0. The second-order valence-electron chi connectivity index (χ2n) is 6.32. The molecule has 0 saturated carbocycles. The quantitative estimate of drug-likeness (QED) is 0.507. The van der Waals surface area contributed by atoms with E-state index in [1.165, 1.54) is 0 Å². The van der Waals surface area contributed by atoms with Gasteiger partial charge in [0.25, 0.3) is 5.91 Å². The normalized spacial score (nSPS) is 18.1. The Hall–Kier alpha value is -2.64. The highest BCUT2D eigenvalue weighted by molar-refractivity contribution is 6.38. The molecule has 1 aromatic carbocycles. The van der Waals surface area contributed by atoms with Crippen LogP contribution in [-0.2, 0) is 20.7 Å². The molecular formula is C19H20F3NO4. The smallest absolute Gasteiger partial charge is 0.417 e. The average Bonchev–Trinajstić information content (AvgIpc) is 2.97. The molecule has 1 fully saturated rings. The third-order valence-electron chi connectivity index (χ3n) is 4.37. The van der Waals surface area contributed by atoms with E-state index in [4.69, 9.17) is 4.74 Å². The number of carbonyl (C=O) groups excluding carboxylic acids is 3. The van der Waals surface area contributed by atoms with Crippen LogP contribution in [0.3, 0.4) is 0 Å². The maximum Gasteiger partial charge on any atom is 0.417 e. The van der Waals surface area contributed by atoms with Crippen LogP contribution in [0, 0.1) is 5.92 Å². The van der Waals surface area contributed by atoms with E-state index in [1.807, 2.05) is 6.07 Å². The number of alkyl halides is 3. The van der Waals surface area contributed by atoms with Crippen molar-refractivity contribution in [1.82, 2.24) is 4.90 Å². The molecule has 2 amide bonds. The number of ketones is 1. The lowest BCUT2D eigenvalue weighted by Crippen LogP contribution is -2.44. The molecule has 1 aliphatic rings. The van der Waals surface area contributed by atoms with Crippen LogP contribution in [0.5, 0.6) is 0 Å². The summed E-state index contributed by atoms with van der Waals surface area (Å²) < 4.78 is 43.6. The lowest BCUT2D eigenvalue weighted by molar-refractivity contribution is -0.176. The molecule has 2 atom stereocenters. The minimum atomic E-state index is -4.49. The fourth-order valence-electron chi connectivity index (χ4n) is 2.91. The molecule has 1 aromatic rings. The minimum Gasteiger partial charge on any atom is -0.447 e. The van der Waals surface area contributed by atoms with E-state index in [-0.39, 0.29) is 13.0 Å². The van der Waals surface area contributed by atoms with Gasteiger partial charge in [-0.15, -0.1) is 6.58 Å². The standard InChI is InChI=1S/C19H20F3NO4/c1-2-6-14(19(20,21)22)9-10-16(24)17(25)23-15(12-27-18(23)26)11-13-7-4-3-5-8-13/h2-5,7-8,14-15H,1,6,9-12H2. The van der Waals surface area contributed by atoms with Gasteiger partial charge in [0, 0.05) is 6.42 Å². The summed E-state index contributed by atoms with van der Waals surface area (Å²) in [7, 11) is 0. The van der Waals surface area contributed by atoms with Crippen molar-refractivity contribution in [3.05, 3.63) is 48.6 Å². The Morgan fingerprint density at radius 2 is 1.96 bits per heavy atom. The van der Waals surface area contributed by atoms with Crippen molar-refractivity contribution < 1.29 is 32.3 Å². The second-order valence-corrected chi connectivity index (χ2v) is 6.32. The molecule has 0 radical (unpaired) electrons. The van der Waals surface area contributed by atoms with Crippen molar-refractivity contribution in [2.24, 2.45) is 5.92 Å². The van der Waals surface area contributed by atoms with Crippen LogP contribution in [0.4, 0.5) is 18.0 Å². The van der Waals surface area contributed by atoms with Crippen molar-refractivity contribution in [1.29, 1.82) is 0 Å². The molecule has 8 heteroatoms. The highest BCUT2D eigenvalue weighted by atomic mass is 19.4. The SMILES string of the molecule is C=CCC(CCC(=O)C(=O)N1C(=O)OCC1Cc1ccccc1)C(F)(F)F. The third-order valence-corrected chi connectivity index (χ3v) is 4.37. The predicted octanol–water partition coefficient (Wildman–Crippen LogP) is 3.68. The molecule has 1 heterocycles. The van der Waals surface area contributed by atoms with Gasteiger partial charge < -0.3 is 4.74 Å². The molecule has 0 aromatic heterocycles. The number of rotatable bonds is 8. The maximum atomic E-state index is 12.9. The summed E-state index contributed by atoms with van der Waals surface area (Å²) in [5.41, 5.74) is 0.842. The molecule has 146 valence electrons. The molecule has 2 unspecified atom stereocenters. The molecule has 0 aliphatic carbocycles. The van der Waals surface area contributed by atoms with Crippen LogP contribution in [0.25, 0.3) is 0 Å². The van der Waals surface area contributed by atoms with Crippen molar-refractivity contribution in [2.45, 2.75) is 37.9 Å². The third kappa shape index (κ3) is 5.42. The fraction of sp³-hybridized carbons (Fsp3) is 0.421. The van der Waals surface area contributed by atoms with Crippen LogP contribution < -0.4 is 0 Å². The molecule has 0 N–H and O–H groups in total. The van der Waals surface area contributed by atoms with E-state index >= 15 is 0 Å². The van der Waals surface area contributed by atoms with Gasteiger partial charge in [0.1, 0.15) is 6.61 Å². The summed E-state index contributed by atoms with van der Waals surface area (Å²) in [5.74, 6) is -3.92. The van der Waals surface area contributed by atoms with E-state index in [9.17, 15) is 27.6 Å². The summed E-state index contributed by atoms with van der Waals surface area (Å²) in [6.45, 7) is 3.22. The summed E-state index contributed by atoms with van der Waals surface area (Å²) in [6, 6.07) is 8.34. The lowest BCUT2D eigenvalue weighted by Gasteiger charge is -2.20.